The average molecular weight is 212 g/mol. The van der Waals surface area contributed by atoms with E-state index in [-0.39, 0.29) is 0 Å². The van der Waals surface area contributed by atoms with E-state index in [2.05, 4.69) is 10.3 Å². The van der Waals surface area contributed by atoms with Crippen LogP contribution in [0, 0.1) is 12.3 Å². The van der Waals surface area contributed by atoms with Gasteiger partial charge in [0.15, 0.2) is 5.13 Å². The van der Waals surface area contributed by atoms with E-state index >= 15 is 0 Å². The highest BCUT2D eigenvalue weighted by atomic mass is 32.1. The van der Waals surface area contributed by atoms with Gasteiger partial charge in [-0.15, -0.1) is 11.3 Å². The summed E-state index contributed by atoms with van der Waals surface area (Å²) in [5.74, 6) is -0.696. The van der Waals surface area contributed by atoms with Crippen LogP contribution in [0.5, 0.6) is 0 Å². The number of carboxylic acids is 1. The number of thiazole rings is 1. The first-order valence-corrected chi connectivity index (χ1v) is 5.40. The minimum atomic E-state index is -0.696. The predicted octanol–water partition coefficient (Wildman–Crippen LogP) is 1.73. The third-order valence-electron chi connectivity index (χ3n) is 2.50. The topological polar surface area (TPSA) is 62.2 Å². The smallest absolute Gasteiger partial charge is 0.311 e. The first-order chi connectivity index (χ1) is 6.62. The number of nitrogens with zero attached hydrogens (tertiary/aromatic N) is 1. The summed E-state index contributed by atoms with van der Waals surface area (Å²) in [6, 6.07) is 0. The summed E-state index contributed by atoms with van der Waals surface area (Å²) >= 11 is 1.51. The fourth-order valence-corrected chi connectivity index (χ4v) is 1.98. The molecule has 1 aromatic rings. The number of carboxylic acid groups (broad SMARTS) is 1. The molecule has 0 atom stereocenters. The number of aliphatic carboxylic acids is 1. The fraction of sp³-hybridized carbons (Fsp3) is 0.556. The number of aromatic nitrogens is 1. The van der Waals surface area contributed by atoms with Crippen LogP contribution in [0.25, 0.3) is 0 Å². The Morgan fingerprint density at radius 1 is 1.79 bits per heavy atom. The van der Waals surface area contributed by atoms with Gasteiger partial charge in [0.1, 0.15) is 0 Å². The van der Waals surface area contributed by atoms with E-state index in [1.54, 1.807) is 0 Å². The summed E-state index contributed by atoms with van der Waals surface area (Å²) < 4.78 is 0. The van der Waals surface area contributed by atoms with Crippen molar-refractivity contribution in [2.45, 2.75) is 19.8 Å². The summed E-state index contributed by atoms with van der Waals surface area (Å²) in [5.41, 5.74) is 0.456. The zero-order valence-corrected chi connectivity index (χ0v) is 8.73. The summed E-state index contributed by atoms with van der Waals surface area (Å²) in [7, 11) is 0. The number of anilines is 1. The predicted molar refractivity (Wildman–Crippen MR) is 54.6 cm³/mol. The third kappa shape index (κ3) is 1.72. The SMILES string of the molecule is Cc1csc(NCC2(C(=O)O)CC2)n1. The highest BCUT2D eigenvalue weighted by Crippen LogP contribution is 2.45. The molecule has 1 saturated carbocycles. The lowest BCUT2D eigenvalue weighted by Gasteiger charge is -2.09. The average Bonchev–Trinajstić information content (AvgIpc) is 2.82. The molecule has 0 aromatic carbocycles. The molecule has 1 aromatic heterocycles. The van der Waals surface area contributed by atoms with Gasteiger partial charge in [0.2, 0.25) is 0 Å². The van der Waals surface area contributed by atoms with Gasteiger partial charge in [0.05, 0.1) is 11.1 Å². The van der Waals surface area contributed by atoms with Crippen LogP contribution < -0.4 is 5.32 Å². The van der Waals surface area contributed by atoms with Crippen molar-refractivity contribution in [2.24, 2.45) is 5.41 Å². The maximum Gasteiger partial charge on any atom is 0.311 e. The molecular weight excluding hydrogens is 200 g/mol. The number of hydrogen-bond acceptors (Lipinski definition) is 4. The molecule has 0 aliphatic heterocycles. The van der Waals surface area contributed by atoms with Crippen molar-refractivity contribution in [1.82, 2.24) is 4.98 Å². The van der Waals surface area contributed by atoms with E-state index in [4.69, 9.17) is 5.11 Å². The molecule has 14 heavy (non-hydrogen) atoms. The number of hydrogen-bond donors (Lipinski definition) is 2. The maximum absolute atomic E-state index is 10.9. The number of aryl methyl sites for hydroxylation is 1. The van der Waals surface area contributed by atoms with E-state index in [9.17, 15) is 4.79 Å². The van der Waals surface area contributed by atoms with Gasteiger partial charge in [-0.1, -0.05) is 0 Å². The van der Waals surface area contributed by atoms with Crippen molar-refractivity contribution in [1.29, 1.82) is 0 Å². The third-order valence-corrected chi connectivity index (χ3v) is 3.42. The molecule has 0 amide bonds. The van der Waals surface area contributed by atoms with E-state index < -0.39 is 11.4 Å². The van der Waals surface area contributed by atoms with Crippen molar-refractivity contribution in [3.63, 3.8) is 0 Å². The van der Waals surface area contributed by atoms with Gasteiger partial charge in [0.25, 0.3) is 0 Å². The normalized spacial score (nSPS) is 17.8. The second kappa shape index (κ2) is 3.24. The zero-order valence-electron chi connectivity index (χ0n) is 7.91. The minimum absolute atomic E-state index is 0.495. The quantitative estimate of drug-likeness (QED) is 0.797. The lowest BCUT2D eigenvalue weighted by molar-refractivity contribution is -0.142. The molecule has 0 unspecified atom stereocenters. The summed E-state index contributed by atoms with van der Waals surface area (Å²) in [6.07, 6.45) is 1.55. The molecule has 2 N–H and O–H groups in total. The Kier molecular flexibility index (Phi) is 2.19. The largest absolute Gasteiger partial charge is 0.481 e. The van der Waals surface area contributed by atoms with Crippen molar-refractivity contribution in [3.8, 4) is 0 Å². The second-order valence-corrected chi connectivity index (χ2v) is 4.59. The number of nitrogens with one attached hydrogen (secondary N) is 1. The van der Waals surface area contributed by atoms with Gasteiger partial charge in [0, 0.05) is 11.9 Å². The zero-order chi connectivity index (χ0) is 10.2. The molecule has 0 bridgehead atoms. The Labute approximate surface area is 86.0 Å². The molecule has 0 saturated heterocycles. The molecule has 1 aliphatic carbocycles. The standard InChI is InChI=1S/C9H12N2O2S/c1-6-4-14-8(11-6)10-5-9(2-3-9)7(12)13/h4H,2-3,5H2,1H3,(H,10,11)(H,12,13). The molecule has 1 fully saturated rings. The molecule has 0 spiro atoms. The summed E-state index contributed by atoms with van der Waals surface area (Å²) in [6.45, 7) is 2.42. The Hall–Kier alpha value is -1.10. The van der Waals surface area contributed by atoms with Crippen LogP contribution in [0.2, 0.25) is 0 Å². The molecular formula is C9H12N2O2S. The molecule has 2 rings (SSSR count). The van der Waals surface area contributed by atoms with Crippen molar-refractivity contribution in [3.05, 3.63) is 11.1 Å². The number of rotatable bonds is 4. The van der Waals surface area contributed by atoms with Crippen LogP contribution in [0.1, 0.15) is 18.5 Å². The van der Waals surface area contributed by atoms with E-state index in [1.165, 1.54) is 11.3 Å². The second-order valence-electron chi connectivity index (χ2n) is 3.73. The van der Waals surface area contributed by atoms with E-state index in [0.717, 1.165) is 23.7 Å². The monoisotopic (exact) mass is 212 g/mol. The van der Waals surface area contributed by atoms with Gasteiger partial charge in [-0.3, -0.25) is 4.79 Å². The Morgan fingerprint density at radius 2 is 2.50 bits per heavy atom. The highest BCUT2D eigenvalue weighted by molar-refractivity contribution is 7.13. The maximum atomic E-state index is 10.9. The Morgan fingerprint density at radius 3 is 2.93 bits per heavy atom. The first-order valence-electron chi connectivity index (χ1n) is 4.52. The van der Waals surface area contributed by atoms with Crippen LogP contribution in [0.3, 0.4) is 0 Å². The van der Waals surface area contributed by atoms with Crippen LogP contribution >= 0.6 is 11.3 Å². The first kappa shape index (κ1) is 9.45. The van der Waals surface area contributed by atoms with Crippen molar-refractivity contribution < 1.29 is 9.90 Å². The lowest BCUT2D eigenvalue weighted by Crippen LogP contribution is -2.24. The molecule has 1 heterocycles. The lowest BCUT2D eigenvalue weighted by atomic mass is 10.1. The fourth-order valence-electron chi connectivity index (χ4n) is 1.30. The number of carbonyl (C=O) groups is 1. The Bertz CT molecular complexity index is 357. The highest BCUT2D eigenvalue weighted by Gasteiger charge is 2.50. The molecule has 1 aliphatic rings. The minimum Gasteiger partial charge on any atom is -0.481 e. The van der Waals surface area contributed by atoms with Crippen LogP contribution in [0.4, 0.5) is 5.13 Å². The van der Waals surface area contributed by atoms with Gasteiger partial charge in [-0.05, 0) is 19.8 Å². The van der Waals surface area contributed by atoms with E-state index in [0.29, 0.717) is 6.54 Å². The van der Waals surface area contributed by atoms with Gasteiger partial charge in [-0.2, -0.15) is 0 Å². The van der Waals surface area contributed by atoms with Crippen molar-refractivity contribution in [2.75, 3.05) is 11.9 Å². The van der Waals surface area contributed by atoms with Crippen LogP contribution in [-0.4, -0.2) is 22.6 Å². The van der Waals surface area contributed by atoms with Gasteiger partial charge in [-0.25, -0.2) is 4.98 Å². The Balaban J connectivity index is 1.92. The van der Waals surface area contributed by atoms with Crippen LogP contribution in [0.15, 0.2) is 5.38 Å². The van der Waals surface area contributed by atoms with E-state index in [1.807, 2.05) is 12.3 Å². The molecule has 4 nitrogen and oxygen atoms in total. The molecule has 76 valence electrons. The molecule has 0 radical (unpaired) electrons. The van der Waals surface area contributed by atoms with Gasteiger partial charge >= 0.3 is 5.97 Å². The molecule has 5 heteroatoms. The van der Waals surface area contributed by atoms with Gasteiger partial charge < -0.3 is 10.4 Å². The van der Waals surface area contributed by atoms with Crippen molar-refractivity contribution >= 4 is 22.4 Å². The summed E-state index contributed by atoms with van der Waals surface area (Å²) in [5, 5.41) is 14.8. The van der Waals surface area contributed by atoms with Crippen LogP contribution in [-0.2, 0) is 4.79 Å². The summed E-state index contributed by atoms with van der Waals surface area (Å²) in [4.78, 5) is 15.1.